The first-order valence-corrected chi connectivity index (χ1v) is 29.0. The van der Waals surface area contributed by atoms with Gasteiger partial charge in [0.1, 0.15) is 10.8 Å². The van der Waals surface area contributed by atoms with Crippen LogP contribution in [-0.2, 0) is 47.8 Å². The number of nitrogens with one attached hydrogen (secondary N) is 7. The van der Waals surface area contributed by atoms with Crippen molar-refractivity contribution in [2.24, 2.45) is 34.4 Å². The van der Waals surface area contributed by atoms with Gasteiger partial charge in [0.15, 0.2) is 43.2 Å². The second-order valence-corrected chi connectivity index (χ2v) is 18.8. The summed E-state index contributed by atoms with van der Waals surface area (Å²) in [6.45, 7) is 6.43. The van der Waals surface area contributed by atoms with Gasteiger partial charge in [0.25, 0.3) is 0 Å². The average molecular weight is 1200 g/mol. The maximum Gasteiger partial charge on any atom is 0.307 e. The third-order valence-electron chi connectivity index (χ3n) is 8.92. The van der Waals surface area contributed by atoms with Crippen molar-refractivity contribution in [1.82, 2.24) is 42.2 Å². The maximum absolute atomic E-state index is 11.7. The largest absolute Gasteiger partial charge is 0.469 e. The van der Waals surface area contributed by atoms with Gasteiger partial charge in [-0.1, -0.05) is 30.7 Å². The van der Waals surface area contributed by atoms with Crippen LogP contribution in [0.3, 0.4) is 0 Å². The molecule has 0 aliphatic carbocycles. The van der Waals surface area contributed by atoms with Crippen LogP contribution in [0, 0.1) is 0 Å². The van der Waals surface area contributed by atoms with Crippen LogP contribution < -0.4 is 71.6 Å². The molecule has 0 saturated carbocycles. The van der Waals surface area contributed by atoms with Gasteiger partial charge in [0.05, 0.1) is 62.1 Å². The first-order chi connectivity index (χ1) is 40.8. The number of carbonyl (C=O) groups excluding carboxylic acids is 8. The third kappa shape index (κ3) is 51.8. The molecule has 0 amide bonds. The Morgan fingerprint density at radius 3 is 1.32 bits per heavy atom. The molecule has 0 saturated heterocycles. The summed E-state index contributed by atoms with van der Waals surface area (Å²) in [6.07, 6.45) is 19.2. The number of nitrogens with zero attached hydrogens (tertiary/aromatic N) is 1. The van der Waals surface area contributed by atoms with Crippen molar-refractivity contribution in [3.05, 3.63) is 98.1 Å². The predicted octanol–water partition coefficient (Wildman–Crippen LogP) is -0.329. The van der Waals surface area contributed by atoms with Crippen molar-refractivity contribution >= 4 is 91.6 Å². The molecule has 0 unspecified atom stereocenters. The number of ether oxygens (including phenoxy) is 2. The number of ketones is 7. The van der Waals surface area contributed by atoms with Gasteiger partial charge in [-0.05, 0) is 159 Å². The highest BCUT2D eigenvalue weighted by atomic mass is 33.1. The van der Waals surface area contributed by atoms with Crippen molar-refractivity contribution in [3.8, 4) is 0 Å². The van der Waals surface area contributed by atoms with E-state index in [2.05, 4.69) is 52.7 Å². The molecule has 0 radical (unpaired) electrons. The number of thioether (sulfide) groups is 2. The lowest BCUT2D eigenvalue weighted by Crippen LogP contribution is -2.40. The average Bonchev–Trinajstić information content (AvgIpc) is 3.53. The number of carbonyl (C=O) groups is 8. The summed E-state index contributed by atoms with van der Waals surface area (Å²) in [4.78, 5) is 93.8. The summed E-state index contributed by atoms with van der Waals surface area (Å²) in [5, 5.41) is 20.9. The van der Waals surface area contributed by atoms with E-state index in [0.29, 0.717) is 30.4 Å². The second-order valence-electron chi connectivity index (χ2n) is 14.5. The van der Waals surface area contributed by atoms with Gasteiger partial charge >= 0.3 is 5.97 Å². The zero-order valence-corrected chi connectivity index (χ0v) is 51.1. The Bertz CT molecular complexity index is 1980. The Labute approximate surface area is 494 Å². The van der Waals surface area contributed by atoms with Crippen LogP contribution >= 0.6 is 45.1 Å². The van der Waals surface area contributed by atoms with Gasteiger partial charge in [-0.25, -0.2) is 4.98 Å². The molecule has 28 heteroatoms. The first-order valence-electron chi connectivity index (χ1n) is 27.1. The van der Waals surface area contributed by atoms with Gasteiger partial charge in [0.2, 0.25) is 0 Å². The predicted molar refractivity (Wildman–Crippen MR) is 330 cm³/mol. The van der Waals surface area contributed by atoms with E-state index in [4.69, 9.17) is 13.2 Å². The van der Waals surface area contributed by atoms with E-state index in [1.807, 2.05) is 66.9 Å². The molecule has 1 heterocycles. The molecule has 24 nitrogen and oxygen atoms in total. The van der Waals surface area contributed by atoms with E-state index in [9.17, 15) is 38.4 Å². The number of pyridine rings is 1. The van der Waals surface area contributed by atoms with E-state index in [-0.39, 0.29) is 77.1 Å². The van der Waals surface area contributed by atoms with Crippen molar-refractivity contribution in [2.45, 2.75) is 68.5 Å². The lowest BCUT2D eigenvalue weighted by molar-refractivity contribution is -0.142. The minimum atomic E-state index is -0.605. The van der Waals surface area contributed by atoms with Crippen LogP contribution in [0.25, 0.3) is 0 Å². The first kappa shape index (κ1) is 71.6. The summed E-state index contributed by atoms with van der Waals surface area (Å²) in [7, 11) is 17.9. The fraction of sp³-hybridized carbons (Fsp3) is 0.510. The van der Waals surface area contributed by atoms with Crippen molar-refractivity contribution in [1.29, 1.82) is 0 Å². The molecular weight excluding hydrogens is 1100 g/mol. The molecule has 0 bridgehead atoms. The van der Waals surface area contributed by atoms with Gasteiger partial charge in [0, 0.05) is 37.1 Å². The Kier molecular flexibility index (Phi) is 57.6. The third-order valence-corrected chi connectivity index (χ3v) is 13.0. The highest BCUT2D eigenvalue weighted by Crippen LogP contribution is 2.29. The number of esters is 1. The van der Waals surface area contributed by atoms with E-state index in [1.54, 1.807) is 88.9 Å². The van der Waals surface area contributed by atoms with Crippen LogP contribution in [0.2, 0.25) is 8.47 Å². The molecule has 1 aromatic heterocycles. The van der Waals surface area contributed by atoms with E-state index in [1.165, 1.54) is 107 Å². The quantitative estimate of drug-likeness (QED) is 0.0227. The Morgan fingerprint density at radius 2 is 0.975 bits per heavy atom. The summed E-state index contributed by atoms with van der Waals surface area (Å²) >= 11 is 3.03. The molecule has 0 spiro atoms. The summed E-state index contributed by atoms with van der Waals surface area (Å²) in [5.41, 5.74) is 12.1. The highest BCUT2D eigenvalue weighted by Gasteiger charge is 2.19. The Balaban J connectivity index is -0.000000220. The molecule has 452 valence electrons. The second kappa shape index (κ2) is 63.5. The highest BCUT2D eigenvalue weighted by molar-refractivity contribution is 8.76. The SMILES string of the molecule is CC.[3H]NC=CC(=O)[C@H](CC(=O)OC)NC.[3H]NC=CC(=O)[C@H](CNC)NC.[3H]NC=CC(=O)[C@H](COC)NC.[3H]NC=CC(=O)[C@H](CSC)NC.[3H]NC=CC(=O)[C@H](CSCC(C)=O)NC.[3H]NC=CC(=O)[C@H](CSSc1ccccn1)NC. The molecule has 79 heavy (non-hydrogen) atoms. The van der Waals surface area contributed by atoms with Crippen LogP contribution in [0.5, 0.6) is 0 Å². The topological polar surface area (TPSA) is 408 Å². The lowest BCUT2D eigenvalue weighted by Gasteiger charge is -2.11. The molecule has 6 atom stereocenters. The number of aromatic nitrogens is 1. The number of rotatable bonds is 40. The van der Waals surface area contributed by atoms with Crippen LogP contribution in [0.4, 0.5) is 0 Å². The zero-order valence-electron chi connectivity index (χ0n) is 53.8. The van der Waals surface area contributed by atoms with Gasteiger partial charge in [-0.2, -0.15) is 23.5 Å². The number of likely N-dealkylation sites (N-methyl/N-ethyl adjacent to an activating group) is 7. The summed E-state index contributed by atoms with van der Waals surface area (Å²) in [5.74, 6) is 1.41. The van der Waals surface area contributed by atoms with Crippen molar-refractivity contribution in [2.75, 3.05) is 106 Å². The summed E-state index contributed by atoms with van der Waals surface area (Å²) < 4.78 is 48.9. The zero-order chi connectivity index (χ0) is 66.1. The van der Waals surface area contributed by atoms with Crippen LogP contribution in [0.1, 0.15) is 27.2 Å². The Morgan fingerprint density at radius 1 is 0.582 bits per heavy atom. The Hall–Kier alpha value is -5.37. The number of nitrogens with two attached hydrogens (primary N) is 6. The molecule has 0 fully saturated rings. The molecule has 1 rings (SSSR count). The van der Waals surface area contributed by atoms with Crippen LogP contribution in [-0.4, -0.2) is 194 Å². The molecule has 1 aromatic rings. The summed E-state index contributed by atoms with van der Waals surface area (Å²) in [6, 6.07) is 3.86. The molecule has 0 aliphatic rings. The normalized spacial score (nSPS) is 13.7. The lowest BCUT2D eigenvalue weighted by atomic mass is 10.1. The molecule has 19 N–H and O–H groups in total. The van der Waals surface area contributed by atoms with Crippen LogP contribution in [0.15, 0.2) is 103 Å². The minimum Gasteiger partial charge on any atom is -0.469 e. The van der Waals surface area contributed by atoms with Gasteiger partial charge in [-0.3, -0.25) is 38.4 Å². The minimum absolute atomic E-state index is 0.00778. The standard InChI is InChI=1S/C11H15N3OS2.C9H16N2O2S.C8H14N2O3.C7H15N3O.C7H14N2O2.C7H14N2OS.C2H6/c1-13-9(10(15)5-6-12)8-16-17-11-4-2-3-7-14-11;1-7(12)5-14-6-8(11-2)9(13)3-4-10;1-10-6(5-8(12)13-2)7(11)3-4-9;1-9-5-6(10-2)7(11)3-4-8;2*1-9-6(5-11-2)7(10)3-4-8;1-2/h2-7,9,13H,8,12H2,1H3;3-4,8,11H,5-6,10H2,1-2H3;3-4,6,10H,5,9H2,1-2H3;3-4,6,9-10H,5,8H2,1-2H3;2*3-4,6,9H,5,8H2,1-2H3;1-2H3/t9-;8-;4*6-;/m000000./s1/i/hT6. The van der Waals surface area contributed by atoms with Crippen molar-refractivity contribution in [3.63, 3.8) is 0 Å². The van der Waals surface area contributed by atoms with E-state index >= 15 is 0 Å². The van der Waals surface area contributed by atoms with E-state index < -0.39 is 12.0 Å². The number of hydrogen-bond donors (Lipinski definition) is 13. The smallest absolute Gasteiger partial charge is 0.307 e. The molecule has 0 aliphatic heterocycles. The number of Topliss-reactive ketones (excluding diaryl/α,β-unsaturated/α-hetero) is 1. The van der Waals surface area contributed by atoms with Gasteiger partial charge < -0.3 is 81.1 Å². The fourth-order valence-electron chi connectivity index (χ4n) is 4.78. The monoisotopic (exact) mass is 1200 g/mol. The van der Waals surface area contributed by atoms with Gasteiger partial charge in [-0.15, -0.1) is 0 Å². The number of methoxy groups -OCH3 is 2. The maximum atomic E-state index is 11.7. The fourth-order valence-corrected chi connectivity index (χ4v) is 8.58. The molecule has 0 aromatic carbocycles. The van der Waals surface area contributed by atoms with E-state index in [0.717, 1.165) is 10.8 Å². The number of hydrogen-bond acceptors (Lipinski definition) is 28. The molecular formula is C51H94N14O10S4. The van der Waals surface area contributed by atoms with Crippen molar-refractivity contribution < 1.29 is 56.3 Å².